The third-order valence-electron chi connectivity index (χ3n) is 1.81. The Labute approximate surface area is 75.8 Å². The first-order valence-electron chi connectivity index (χ1n) is 3.71. The van der Waals surface area contributed by atoms with Gasteiger partial charge >= 0.3 is 0 Å². The highest BCUT2D eigenvalue weighted by atomic mass is 16.5. The fraction of sp³-hybridized carbons (Fsp3) is 0.333. The summed E-state index contributed by atoms with van der Waals surface area (Å²) in [5, 5.41) is 0. The molecule has 0 heterocycles. The van der Waals surface area contributed by atoms with Gasteiger partial charge in [-0.15, -0.1) is 0 Å². The van der Waals surface area contributed by atoms with Gasteiger partial charge in [-0.2, -0.15) is 0 Å². The first-order valence-corrected chi connectivity index (χ1v) is 3.71. The lowest BCUT2D eigenvalue weighted by atomic mass is 10.0. The van der Waals surface area contributed by atoms with Crippen LogP contribution in [0.3, 0.4) is 0 Å². The van der Waals surface area contributed by atoms with Crippen molar-refractivity contribution in [2.75, 3.05) is 14.2 Å². The summed E-state index contributed by atoms with van der Waals surface area (Å²) in [6.07, 6.45) is 1.13. The summed E-state index contributed by atoms with van der Waals surface area (Å²) in [6.45, 7) is 1.53. The molecule has 0 N–H and O–H groups in total. The Balaban J connectivity index is 3.12. The summed E-state index contributed by atoms with van der Waals surface area (Å²) >= 11 is 0. The number of hydrogen-bond acceptors (Lipinski definition) is 4. The quantitative estimate of drug-likeness (QED) is 0.586. The molecule has 0 radical (unpaired) electrons. The molecule has 0 saturated heterocycles. The van der Waals surface area contributed by atoms with Crippen LogP contribution in [0.4, 0.5) is 0 Å². The van der Waals surface area contributed by atoms with E-state index in [0.29, 0.717) is 0 Å². The Morgan fingerprint density at radius 1 is 1.15 bits per heavy atom. The van der Waals surface area contributed by atoms with E-state index in [-0.39, 0.29) is 28.7 Å². The minimum Gasteiger partial charge on any atom is -0.493 e. The first kappa shape index (κ1) is 9.51. The SMILES string of the molecule is COC1=CC(=O)C(OC)=C(C)C1=O. The minimum absolute atomic E-state index is 0.0586. The average molecular weight is 182 g/mol. The van der Waals surface area contributed by atoms with Gasteiger partial charge in [0.1, 0.15) is 0 Å². The summed E-state index contributed by atoms with van der Waals surface area (Å²) in [5.41, 5.74) is 0.284. The molecule has 0 spiro atoms. The van der Waals surface area contributed by atoms with Gasteiger partial charge in [0, 0.05) is 11.6 Å². The van der Waals surface area contributed by atoms with Gasteiger partial charge < -0.3 is 9.47 Å². The van der Waals surface area contributed by atoms with E-state index in [1.807, 2.05) is 0 Å². The minimum atomic E-state index is -0.337. The maximum absolute atomic E-state index is 11.4. The monoisotopic (exact) mass is 182 g/mol. The topological polar surface area (TPSA) is 52.6 Å². The van der Waals surface area contributed by atoms with Gasteiger partial charge in [0.2, 0.25) is 11.6 Å². The molecule has 0 amide bonds. The predicted molar refractivity (Wildman–Crippen MR) is 44.8 cm³/mol. The summed E-state index contributed by atoms with van der Waals surface area (Å²) in [5.74, 6) is -0.496. The van der Waals surface area contributed by atoms with Crippen molar-refractivity contribution >= 4 is 11.6 Å². The van der Waals surface area contributed by atoms with Gasteiger partial charge in [0.05, 0.1) is 14.2 Å². The Hall–Kier alpha value is -1.58. The standard InChI is InChI=1S/C9H10O4/c1-5-8(11)7(12-2)4-6(10)9(5)13-3/h4H,1-3H3. The van der Waals surface area contributed by atoms with Crippen LogP contribution in [0.1, 0.15) is 6.92 Å². The Morgan fingerprint density at radius 2 is 1.77 bits per heavy atom. The zero-order valence-corrected chi connectivity index (χ0v) is 7.71. The second-order valence-electron chi connectivity index (χ2n) is 2.56. The van der Waals surface area contributed by atoms with Crippen molar-refractivity contribution in [3.8, 4) is 0 Å². The molecule has 0 saturated carbocycles. The molecule has 4 heteroatoms. The van der Waals surface area contributed by atoms with Crippen molar-refractivity contribution in [1.29, 1.82) is 0 Å². The normalized spacial score (nSPS) is 17.3. The third kappa shape index (κ3) is 1.47. The smallest absolute Gasteiger partial charge is 0.227 e. The van der Waals surface area contributed by atoms with Crippen molar-refractivity contribution in [1.82, 2.24) is 0 Å². The molecule has 0 fully saturated rings. The molecule has 0 unspecified atom stereocenters. The van der Waals surface area contributed by atoms with E-state index < -0.39 is 0 Å². The van der Waals surface area contributed by atoms with Gasteiger partial charge in [-0.05, 0) is 6.92 Å². The largest absolute Gasteiger partial charge is 0.493 e. The van der Waals surface area contributed by atoms with Crippen molar-refractivity contribution in [3.63, 3.8) is 0 Å². The number of Topliss-reactive ketones (excluding diaryl/α,β-unsaturated/α-hetero) is 1. The molecule has 0 atom stereocenters. The number of carbonyl (C=O) groups is 2. The third-order valence-corrected chi connectivity index (χ3v) is 1.81. The molecule has 13 heavy (non-hydrogen) atoms. The number of allylic oxidation sites excluding steroid dienone is 2. The number of rotatable bonds is 2. The summed E-state index contributed by atoms with van der Waals surface area (Å²) in [6, 6.07) is 0. The van der Waals surface area contributed by atoms with Crippen LogP contribution in [0.5, 0.6) is 0 Å². The van der Waals surface area contributed by atoms with Gasteiger partial charge in [-0.3, -0.25) is 9.59 Å². The highest BCUT2D eigenvalue weighted by Crippen LogP contribution is 2.19. The predicted octanol–water partition coefficient (Wildman–Crippen LogP) is 0.589. The van der Waals surface area contributed by atoms with Gasteiger partial charge in [-0.1, -0.05) is 0 Å². The highest BCUT2D eigenvalue weighted by molar-refractivity contribution is 6.20. The van der Waals surface area contributed by atoms with Gasteiger partial charge in [0.15, 0.2) is 11.5 Å². The van der Waals surface area contributed by atoms with Crippen LogP contribution >= 0.6 is 0 Å². The Kier molecular flexibility index (Phi) is 2.51. The molecule has 1 aliphatic rings. The summed E-state index contributed by atoms with van der Waals surface area (Å²) in [4.78, 5) is 22.6. The molecule has 1 rings (SSSR count). The zero-order chi connectivity index (χ0) is 10.0. The second-order valence-corrected chi connectivity index (χ2v) is 2.56. The lowest BCUT2D eigenvalue weighted by Crippen LogP contribution is -2.19. The second kappa shape index (κ2) is 3.43. The molecular formula is C9H10O4. The highest BCUT2D eigenvalue weighted by Gasteiger charge is 2.26. The van der Waals surface area contributed by atoms with Gasteiger partial charge in [0.25, 0.3) is 0 Å². The molecule has 0 aromatic heterocycles. The van der Waals surface area contributed by atoms with Crippen LogP contribution in [0.2, 0.25) is 0 Å². The molecule has 0 bridgehead atoms. The maximum Gasteiger partial charge on any atom is 0.227 e. The van der Waals surface area contributed by atoms with E-state index in [1.165, 1.54) is 21.1 Å². The van der Waals surface area contributed by atoms with Crippen molar-refractivity contribution < 1.29 is 19.1 Å². The van der Waals surface area contributed by atoms with E-state index in [0.717, 1.165) is 6.08 Å². The van der Waals surface area contributed by atoms with Crippen LogP contribution < -0.4 is 0 Å². The number of hydrogen-bond donors (Lipinski definition) is 0. The van der Waals surface area contributed by atoms with E-state index in [1.54, 1.807) is 0 Å². The van der Waals surface area contributed by atoms with Crippen LogP contribution in [0.25, 0.3) is 0 Å². The molecule has 1 aliphatic carbocycles. The summed E-state index contributed by atoms with van der Waals surface area (Å²) in [7, 11) is 2.71. The Bertz CT molecular complexity index is 323. The average Bonchev–Trinajstić information content (AvgIpc) is 2.12. The van der Waals surface area contributed by atoms with E-state index in [4.69, 9.17) is 9.47 Å². The fourth-order valence-electron chi connectivity index (χ4n) is 1.13. The van der Waals surface area contributed by atoms with E-state index >= 15 is 0 Å². The fourth-order valence-corrected chi connectivity index (χ4v) is 1.13. The molecular weight excluding hydrogens is 172 g/mol. The maximum atomic E-state index is 11.4. The van der Waals surface area contributed by atoms with Crippen molar-refractivity contribution in [3.05, 3.63) is 23.2 Å². The van der Waals surface area contributed by atoms with Crippen LogP contribution in [-0.4, -0.2) is 25.8 Å². The molecule has 70 valence electrons. The molecule has 0 aliphatic heterocycles. The van der Waals surface area contributed by atoms with Crippen molar-refractivity contribution in [2.45, 2.75) is 6.92 Å². The lowest BCUT2D eigenvalue weighted by Gasteiger charge is -2.13. The van der Waals surface area contributed by atoms with Crippen LogP contribution in [-0.2, 0) is 19.1 Å². The molecule has 0 aromatic rings. The zero-order valence-electron chi connectivity index (χ0n) is 7.71. The summed E-state index contributed by atoms with van der Waals surface area (Å²) < 4.78 is 9.53. The number of methoxy groups -OCH3 is 2. The number of ketones is 2. The molecule has 0 aromatic carbocycles. The van der Waals surface area contributed by atoms with Crippen LogP contribution in [0.15, 0.2) is 23.2 Å². The van der Waals surface area contributed by atoms with E-state index in [2.05, 4.69) is 0 Å². The van der Waals surface area contributed by atoms with E-state index in [9.17, 15) is 9.59 Å². The Morgan fingerprint density at radius 3 is 2.23 bits per heavy atom. The lowest BCUT2D eigenvalue weighted by molar-refractivity contribution is -0.119. The van der Waals surface area contributed by atoms with Crippen molar-refractivity contribution in [2.24, 2.45) is 0 Å². The first-order chi connectivity index (χ1) is 6.11. The number of carbonyl (C=O) groups excluding carboxylic acids is 2. The molecule has 4 nitrogen and oxygen atoms in total. The van der Waals surface area contributed by atoms with Gasteiger partial charge in [-0.25, -0.2) is 0 Å². The van der Waals surface area contributed by atoms with Crippen LogP contribution in [0, 0.1) is 0 Å². The number of ether oxygens (including phenoxy) is 2.